The zero-order chi connectivity index (χ0) is 27.2. The summed E-state index contributed by atoms with van der Waals surface area (Å²) in [4.78, 5) is 28.4. The van der Waals surface area contributed by atoms with E-state index < -0.39 is 0 Å². The van der Waals surface area contributed by atoms with Crippen molar-refractivity contribution in [1.82, 2.24) is 10.3 Å². The van der Waals surface area contributed by atoms with Crippen molar-refractivity contribution in [3.05, 3.63) is 124 Å². The molecule has 1 N–H and O–H groups in total. The van der Waals surface area contributed by atoms with Crippen molar-refractivity contribution in [1.29, 1.82) is 0 Å². The number of furan rings is 1. The van der Waals surface area contributed by atoms with Gasteiger partial charge >= 0.3 is 0 Å². The van der Waals surface area contributed by atoms with Crippen LogP contribution in [0.3, 0.4) is 0 Å². The Labute approximate surface area is 228 Å². The number of carbonyl (C=O) groups excluding carboxylic acids is 2. The summed E-state index contributed by atoms with van der Waals surface area (Å²) in [5.41, 5.74) is 7.52. The maximum atomic E-state index is 13.9. The molecular weight excluding hydrogens is 490 g/mol. The molecule has 0 atom stereocenters. The van der Waals surface area contributed by atoms with Crippen LogP contribution < -0.4 is 10.2 Å². The lowest BCUT2D eigenvalue weighted by Gasteiger charge is -2.22. The number of carbonyl (C=O) groups is 2. The summed E-state index contributed by atoms with van der Waals surface area (Å²) in [6, 6.07) is 26.7. The summed E-state index contributed by atoms with van der Waals surface area (Å²) in [6.07, 6.45) is 2.22. The maximum absolute atomic E-state index is 13.9. The Bertz CT molecular complexity index is 1430. The molecule has 1 aliphatic rings. The molecule has 7 heteroatoms. The summed E-state index contributed by atoms with van der Waals surface area (Å²) in [6.45, 7) is 2.81. The third kappa shape index (κ3) is 5.93. The van der Waals surface area contributed by atoms with E-state index in [2.05, 4.69) is 10.5 Å². The quantitative estimate of drug-likeness (QED) is 0.292. The molecule has 0 spiro atoms. The molecule has 3 aromatic carbocycles. The zero-order valence-corrected chi connectivity index (χ0v) is 22.1. The third-order valence-electron chi connectivity index (χ3n) is 6.88. The Kier molecular flexibility index (Phi) is 7.87. The standard InChI is InChI=1S/C32H31N3O4/c1-22-29-27(33-34-31(36)25-16-18-26(38-2)19-17-25)14-9-15-28(29)39-30(22)32(37)35(20-23-10-5-3-6-11-23)21-24-12-7-4-8-13-24/h3-8,10-13,16-19H,9,14-15,20-21H2,1-2H3,(H,34,36)/b33-27+. The van der Waals surface area contributed by atoms with Crippen molar-refractivity contribution in [2.45, 2.75) is 39.3 Å². The fourth-order valence-corrected chi connectivity index (χ4v) is 4.86. The molecule has 2 amide bonds. The highest BCUT2D eigenvalue weighted by Gasteiger charge is 2.30. The van der Waals surface area contributed by atoms with Crippen LogP contribution in [0.1, 0.15) is 61.8 Å². The van der Waals surface area contributed by atoms with Crippen LogP contribution in [0.15, 0.2) is 94.4 Å². The number of fused-ring (bicyclic) bond motifs is 1. The summed E-state index contributed by atoms with van der Waals surface area (Å²) >= 11 is 0. The van der Waals surface area contributed by atoms with Crippen LogP contribution in [0.5, 0.6) is 5.75 Å². The predicted molar refractivity (Wildman–Crippen MR) is 150 cm³/mol. The largest absolute Gasteiger partial charge is 0.497 e. The average Bonchev–Trinajstić information content (AvgIpc) is 3.33. The van der Waals surface area contributed by atoms with Gasteiger partial charge in [-0.1, -0.05) is 60.7 Å². The number of methoxy groups -OCH3 is 1. The van der Waals surface area contributed by atoms with Crippen LogP contribution >= 0.6 is 0 Å². The Hall–Kier alpha value is -4.65. The molecule has 0 bridgehead atoms. The lowest BCUT2D eigenvalue weighted by Crippen LogP contribution is -2.30. The molecule has 1 heterocycles. The Morgan fingerprint density at radius 2 is 1.51 bits per heavy atom. The van der Waals surface area contributed by atoms with Crippen LogP contribution in [0.2, 0.25) is 0 Å². The molecule has 4 aromatic rings. The van der Waals surface area contributed by atoms with Gasteiger partial charge in [0.15, 0.2) is 5.76 Å². The van der Waals surface area contributed by atoms with E-state index in [9.17, 15) is 9.59 Å². The van der Waals surface area contributed by atoms with Gasteiger partial charge < -0.3 is 14.1 Å². The van der Waals surface area contributed by atoms with Crippen molar-refractivity contribution < 1.29 is 18.7 Å². The minimum Gasteiger partial charge on any atom is -0.497 e. The molecule has 39 heavy (non-hydrogen) atoms. The van der Waals surface area contributed by atoms with E-state index in [-0.39, 0.29) is 11.8 Å². The number of benzene rings is 3. The Morgan fingerprint density at radius 3 is 2.10 bits per heavy atom. The van der Waals surface area contributed by atoms with E-state index in [1.807, 2.05) is 72.5 Å². The molecule has 0 radical (unpaired) electrons. The second kappa shape index (κ2) is 11.8. The summed E-state index contributed by atoms with van der Waals surface area (Å²) in [5, 5.41) is 4.46. The van der Waals surface area contributed by atoms with Crippen molar-refractivity contribution in [3.8, 4) is 5.75 Å². The van der Waals surface area contributed by atoms with Gasteiger partial charge in [-0.3, -0.25) is 9.59 Å². The molecule has 0 saturated carbocycles. The SMILES string of the molecule is COc1ccc(C(=O)N/N=C2\CCCc3oc(C(=O)N(Cc4ccccc4)Cc4ccccc4)c(C)c32)cc1. The van der Waals surface area contributed by atoms with Gasteiger partial charge in [0.1, 0.15) is 11.5 Å². The van der Waals surface area contributed by atoms with E-state index >= 15 is 0 Å². The van der Waals surface area contributed by atoms with Crippen molar-refractivity contribution >= 4 is 17.5 Å². The van der Waals surface area contributed by atoms with Gasteiger partial charge in [-0.2, -0.15) is 5.10 Å². The van der Waals surface area contributed by atoms with Crippen molar-refractivity contribution in [2.75, 3.05) is 7.11 Å². The molecule has 0 unspecified atom stereocenters. The molecule has 198 valence electrons. The summed E-state index contributed by atoms with van der Waals surface area (Å²) < 4.78 is 11.4. The molecular formula is C32H31N3O4. The van der Waals surface area contributed by atoms with Crippen LogP contribution in [0.4, 0.5) is 0 Å². The molecule has 5 rings (SSSR count). The van der Waals surface area contributed by atoms with Gasteiger partial charge in [-0.05, 0) is 55.2 Å². The second-order valence-electron chi connectivity index (χ2n) is 9.57. The van der Waals surface area contributed by atoms with Gasteiger partial charge in [0.25, 0.3) is 11.8 Å². The van der Waals surface area contributed by atoms with Crippen LogP contribution in [0.25, 0.3) is 0 Å². The third-order valence-corrected chi connectivity index (χ3v) is 6.88. The molecule has 0 saturated heterocycles. The minimum absolute atomic E-state index is 0.170. The molecule has 0 fully saturated rings. The highest BCUT2D eigenvalue weighted by Crippen LogP contribution is 2.31. The number of ether oxygens (including phenoxy) is 1. The van der Waals surface area contributed by atoms with E-state index in [0.29, 0.717) is 43.0 Å². The van der Waals surface area contributed by atoms with Crippen LogP contribution in [-0.2, 0) is 19.5 Å². The molecule has 0 aliphatic heterocycles. The van der Waals surface area contributed by atoms with Gasteiger partial charge in [0.2, 0.25) is 0 Å². The minimum atomic E-state index is -0.313. The summed E-state index contributed by atoms with van der Waals surface area (Å²) in [7, 11) is 1.58. The Morgan fingerprint density at radius 1 is 0.897 bits per heavy atom. The Balaban J connectivity index is 1.41. The fraction of sp³-hybridized carbons (Fsp3) is 0.219. The first-order valence-electron chi connectivity index (χ1n) is 13.0. The lowest BCUT2D eigenvalue weighted by molar-refractivity contribution is 0.0694. The average molecular weight is 522 g/mol. The predicted octanol–water partition coefficient (Wildman–Crippen LogP) is 5.91. The van der Waals surface area contributed by atoms with E-state index in [0.717, 1.165) is 40.1 Å². The highest BCUT2D eigenvalue weighted by atomic mass is 16.5. The number of amides is 2. The normalized spacial score (nSPS) is 13.5. The van der Waals surface area contributed by atoms with Gasteiger partial charge in [0.05, 0.1) is 12.8 Å². The van der Waals surface area contributed by atoms with Crippen molar-refractivity contribution in [2.24, 2.45) is 5.10 Å². The van der Waals surface area contributed by atoms with E-state index in [1.165, 1.54) is 0 Å². The maximum Gasteiger partial charge on any atom is 0.290 e. The van der Waals surface area contributed by atoms with Crippen LogP contribution in [0, 0.1) is 6.92 Å². The highest BCUT2D eigenvalue weighted by molar-refractivity contribution is 6.07. The number of rotatable bonds is 8. The summed E-state index contributed by atoms with van der Waals surface area (Å²) in [5.74, 6) is 1.25. The topological polar surface area (TPSA) is 84.1 Å². The first kappa shape index (κ1) is 26.0. The lowest BCUT2D eigenvalue weighted by atomic mass is 9.93. The number of hydrogen-bond donors (Lipinski definition) is 1. The van der Waals surface area contributed by atoms with E-state index in [1.54, 1.807) is 31.4 Å². The smallest absolute Gasteiger partial charge is 0.290 e. The van der Waals surface area contributed by atoms with Gasteiger partial charge in [-0.25, -0.2) is 5.43 Å². The molecule has 1 aromatic heterocycles. The van der Waals surface area contributed by atoms with Gasteiger partial charge in [-0.15, -0.1) is 0 Å². The van der Waals surface area contributed by atoms with Crippen LogP contribution in [-0.4, -0.2) is 29.5 Å². The monoisotopic (exact) mass is 521 g/mol. The fourth-order valence-electron chi connectivity index (χ4n) is 4.86. The number of aryl methyl sites for hydroxylation is 1. The number of hydrazone groups is 1. The zero-order valence-electron chi connectivity index (χ0n) is 22.1. The second-order valence-corrected chi connectivity index (χ2v) is 9.57. The number of hydrogen-bond acceptors (Lipinski definition) is 5. The van der Waals surface area contributed by atoms with E-state index in [4.69, 9.17) is 9.15 Å². The van der Waals surface area contributed by atoms with Crippen molar-refractivity contribution in [3.63, 3.8) is 0 Å². The molecule has 1 aliphatic carbocycles. The van der Waals surface area contributed by atoms with Gasteiger partial charge in [0, 0.05) is 36.2 Å². The number of nitrogens with one attached hydrogen (secondary N) is 1. The first-order chi connectivity index (χ1) is 19.0. The first-order valence-corrected chi connectivity index (χ1v) is 13.0. The molecule has 7 nitrogen and oxygen atoms in total. The number of nitrogens with zero attached hydrogens (tertiary/aromatic N) is 2.